The monoisotopic (exact) mass is 1010 g/mol. The van der Waals surface area contributed by atoms with Crippen molar-refractivity contribution in [2.24, 2.45) is 40.4 Å². The Morgan fingerprint density at radius 3 is 1.91 bits per heavy atom. The predicted molar refractivity (Wildman–Crippen MR) is 275 cm³/mol. The number of carbonyl (C=O) groups excluding carboxylic acids is 1. The number of aromatic nitrogens is 3. The van der Waals surface area contributed by atoms with Crippen LogP contribution in [0.1, 0.15) is 172 Å². The first kappa shape index (κ1) is 49.5. The van der Waals surface area contributed by atoms with Crippen LogP contribution < -0.4 is 0 Å². The second kappa shape index (κ2) is 16.5. The van der Waals surface area contributed by atoms with Crippen LogP contribution in [0, 0.1) is 46.2 Å². The molecule has 0 bridgehead atoms. The number of carbonyl (C=O) groups is 1. The fourth-order valence-corrected chi connectivity index (χ4v) is 15.8. The molecule has 0 spiro atoms. The van der Waals surface area contributed by atoms with Crippen molar-refractivity contribution in [1.82, 2.24) is 19.0 Å². The minimum Gasteiger partial charge on any atom is -0.443 e. The fourth-order valence-electron chi connectivity index (χ4n) is 15.4. The van der Waals surface area contributed by atoms with Crippen molar-refractivity contribution in [2.45, 2.75) is 201 Å². The van der Waals surface area contributed by atoms with E-state index in [0.717, 1.165) is 48.6 Å². The molecule has 10 unspecified atom stereocenters. The van der Waals surface area contributed by atoms with Gasteiger partial charge in [-0.25, -0.2) is 18.7 Å². The minimum atomic E-state index is -0.763. The SMILES string of the molecule is CC1CCC2C(C)(C)C2(N2C(c3nc(-c4ccc(F)cc4)cn3C(=O)OC(C)(C)C)Cc3c(n(C45C(OC(C)(C)C)C(C)CCC4C5(C)C)c4ccc(Br)cc34)C2C2CCOCC2)C1OC(C)(C)C. The number of hydrogen-bond acceptors (Lipinski definition) is 7. The number of rotatable bonds is 7. The molecule has 4 saturated carbocycles. The predicted octanol–water partition coefficient (Wildman–Crippen LogP) is 14.2. The zero-order valence-corrected chi connectivity index (χ0v) is 45.9. The molecule has 11 heteroatoms. The van der Waals surface area contributed by atoms with Crippen LogP contribution in [0.4, 0.5) is 9.18 Å². The van der Waals surface area contributed by atoms with E-state index in [1.54, 1.807) is 16.7 Å². The van der Waals surface area contributed by atoms with Crippen molar-refractivity contribution >= 4 is 32.9 Å². The molecule has 0 amide bonds. The van der Waals surface area contributed by atoms with Crippen molar-refractivity contribution in [2.75, 3.05) is 13.2 Å². The summed E-state index contributed by atoms with van der Waals surface area (Å²) in [6, 6.07) is 12.9. The van der Waals surface area contributed by atoms with E-state index < -0.39 is 22.8 Å². The average molecular weight is 1010 g/mol. The van der Waals surface area contributed by atoms with Crippen LogP contribution in [0.5, 0.6) is 0 Å². The Labute approximate surface area is 420 Å². The molecule has 4 aromatic rings. The first-order valence-corrected chi connectivity index (χ1v) is 27.1. The third kappa shape index (κ3) is 7.68. The van der Waals surface area contributed by atoms with Gasteiger partial charge in [-0.3, -0.25) is 4.90 Å². The van der Waals surface area contributed by atoms with Crippen molar-refractivity contribution in [3.63, 3.8) is 0 Å². The lowest BCUT2D eigenvalue weighted by molar-refractivity contribution is -0.172. The third-order valence-corrected chi connectivity index (χ3v) is 18.5. The summed E-state index contributed by atoms with van der Waals surface area (Å²) < 4.78 is 47.9. The molecule has 69 heavy (non-hydrogen) atoms. The van der Waals surface area contributed by atoms with E-state index in [1.165, 1.54) is 34.3 Å². The van der Waals surface area contributed by atoms with Crippen molar-refractivity contribution in [1.29, 1.82) is 0 Å². The van der Waals surface area contributed by atoms with Crippen LogP contribution in [0.3, 0.4) is 0 Å². The fraction of sp³-hybridized carbons (Fsp3) is 0.690. The van der Waals surface area contributed by atoms with E-state index >= 15 is 0 Å². The summed E-state index contributed by atoms with van der Waals surface area (Å²) >= 11 is 3.98. The summed E-state index contributed by atoms with van der Waals surface area (Å²) in [6.07, 6.45) is 8.10. The molecule has 4 aliphatic carbocycles. The highest BCUT2D eigenvalue weighted by Gasteiger charge is 2.82. The summed E-state index contributed by atoms with van der Waals surface area (Å²) in [6.45, 7) is 35.3. The zero-order chi connectivity index (χ0) is 49.8. The van der Waals surface area contributed by atoms with E-state index in [0.29, 0.717) is 48.9 Å². The first-order chi connectivity index (χ1) is 32.1. The van der Waals surface area contributed by atoms with E-state index in [1.807, 2.05) is 27.0 Å². The van der Waals surface area contributed by atoms with Gasteiger partial charge in [-0.15, -0.1) is 0 Å². The molecule has 4 heterocycles. The number of hydrogen-bond donors (Lipinski definition) is 0. The molecule has 10 atom stereocenters. The van der Waals surface area contributed by atoms with Crippen LogP contribution in [0.2, 0.25) is 0 Å². The Bertz CT molecular complexity index is 2630. The lowest BCUT2D eigenvalue weighted by atomic mass is 9.74. The van der Waals surface area contributed by atoms with Crippen LogP contribution in [-0.4, -0.2) is 72.9 Å². The molecule has 10 rings (SSSR count). The summed E-state index contributed by atoms with van der Waals surface area (Å²) in [5.41, 5.74) is 2.81. The van der Waals surface area contributed by atoms with Gasteiger partial charge in [0, 0.05) is 46.0 Å². The maximum absolute atomic E-state index is 15.0. The highest BCUT2D eigenvalue weighted by Crippen LogP contribution is 2.79. The molecule has 1 saturated heterocycles. The van der Waals surface area contributed by atoms with Crippen molar-refractivity contribution in [3.05, 3.63) is 76.0 Å². The molecule has 2 aromatic heterocycles. The smallest absolute Gasteiger partial charge is 0.420 e. The van der Waals surface area contributed by atoms with Gasteiger partial charge in [-0.2, -0.15) is 0 Å². The second-order valence-electron chi connectivity index (χ2n) is 26.3. The van der Waals surface area contributed by atoms with Crippen LogP contribution in [-0.2, 0) is 30.9 Å². The molecular formula is C58H80BrFN4O5. The third-order valence-electron chi connectivity index (χ3n) is 18.0. The van der Waals surface area contributed by atoms with Crippen LogP contribution in [0.25, 0.3) is 22.2 Å². The first-order valence-electron chi connectivity index (χ1n) is 26.3. The molecule has 2 aromatic carbocycles. The van der Waals surface area contributed by atoms with E-state index in [-0.39, 0.29) is 63.9 Å². The molecule has 5 fully saturated rings. The van der Waals surface area contributed by atoms with Gasteiger partial charge in [0.15, 0.2) is 0 Å². The normalized spacial score (nSPS) is 33.4. The highest BCUT2D eigenvalue weighted by molar-refractivity contribution is 9.10. The van der Waals surface area contributed by atoms with E-state index in [2.05, 4.69) is 127 Å². The summed E-state index contributed by atoms with van der Waals surface area (Å²) in [5, 5.41) is 1.24. The molecule has 6 aliphatic rings. The number of nitrogens with zero attached hydrogens (tertiary/aromatic N) is 4. The Hall–Kier alpha value is -3.09. The second-order valence-corrected chi connectivity index (χ2v) is 27.2. The van der Waals surface area contributed by atoms with E-state index in [9.17, 15) is 9.18 Å². The summed E-state index contributed by atoms with van der Waals surface area (Å²) in [7, 11) is 0. The van der Waals surface area contributed by atoms with Gasteiger partial charge in [0.05, 0.1) is 52.3 Å². The Morgan fingerprint density at radius 2 is 1.33 bits per heavy atom. The number of ether oxygens (including phenoxy) is 4. The standard InChI is InChI=1S/C58H80BrFN4O5/c1-33-16-24-44-55(12,13)57(44,48(33)67-52(3,4)5)63-42-23-20-37(59)30-39(42)40-31-43(50-61-41(35-18-21-38(60)22-19-35)32-62(50)51(65)69-54(9,10)11)64(46(47(40)63)36-26-28-66-29-27-36)58-45(56(58,14)15)25-17-34(2)49(58)68-53(6,7)8/h18-23,30,32-34,36,43-46,48-49H,16-17,24-29,31H2,1-15H3. The molecule has 0 radical (unpaired) electrons. The number of fused-ring (bicyclic) bond motifs is 5. The van der Waals surface area contributed by atoms with Gasteiger partial charge in [0.1, 0.15) is 17.2 Å². The summed E-state index contributed by atoms with van der Waals surface area (Å²) in [5.74, 6) is 1.90. The van der Waals surface area contributed by atoms with Crippen LogP contribution in [0.15, 0.2) is 53.1 Å². The molecule has 376 valence electrons. The highest BCUT2D eigenvalue weighted by atomic mass is 79.9. The lowest BCUT2D eigenvalue weighted by Crippen LogP contribution is -2.62. The number of imidazole rings is 1. The molecule has 2 aliphatic heterocycles. The van der Waals surface area contributed by atoms with Gasteiger partial charge in [0.2, 0.25) is 0 Å². The van der Waals surface area contributed by atoms with Crippen LogP contribution >= 0.6 is 15.9 Å². The zero-order valence-electron chi connectivity index (χ0n) is 44.3. The van der Waals surface area contributed by atoms with Gasteiger partial charge in [-0.1, -0.05) is 57.5 Å². The largest absolute Gasteiger partial charge is 0.443 e. The number of halogens is 2. The maximum atomic E-state index is 15.0. The maximum Gasteiger partial charge on any atom is 0.420 e. The summed E-state index contributed by atoms with van der Waals surface area (Å²) in [4.78, 5) is 23.5. The Morgan fingerprint density at radius 1 is 0.768 bits per heavy atom. The van der Waals surface area contributed by atoms with Gasteiger partial charge in [-0.05, 0) is 196 Å². The quantitative estimate of drug-likeness (QED) is 0.182. The minimum absolute atomic E-state index is 0.0182. The average Bonchev–Trinajstić information content (AvgIpc) is 3.67. The van der Waals surface area contributed by atoms with E-state index in [4.69, 9.17) is 23.9 Å². The Balaban J connectivity index is 1.33. The lowest BCUT2D eigenvalue weighted by Gasteiger charge is -2.56. The topological polar surface area (TPSA) is 80.0 Å². The van der Waals surface area contributed by atoms with Gasteiger partial charge < -0.3 is 23.5 Å². The van der Waals surface area contributed by atoms with Gasteiger partial charge >= 0.3 is 6.09 Å². The van der Waals surface area contributed by atoms with Gasteiger partial charge in [0.25, 0.3) is 0 Å². The molecule has 0 N–H and O–H groups in total. The van der Waals surface area contributed by atoms with Crippen molar-refractivity contribution in [3.8, 4) is 11.3 Å². The number of benzene rings is 2. The molecular weight excluding hydrogens is 932 g/mol. The Kier molecular flexibility index (Phi) is 11.8. The molecule has 9 nitrogen and oxygen atoms in total. The van der Waals surface area contributed by atoms with Crippen molar-refractivity contribution < 1.29 is 28.1 Å².